The third-order valence-electron chi connectivity index (χ3n) is 1.55. The maximum atomic E-state index is 11.1. The first-order valence-corrected chi connectivity index (χ1v) is 4.28. The van der Waals surface area contributed by atoms with Crippen molar-refractivity contribution in [3.05, 3.63) is 0 Å². The minimum Gasteiger partial charge on any atom is -0.480 e. The Hall–Kier alpha value is -1.54. The van der Waals surface area contributed by atoms with Crippen LogP contribution in [0.4, 0.5) is 0 Å². The van der Waals surface area contributed by atoms with Crippen molar-refractivity contribution >= 4 is 11.9 Å². The molecular weight excluding hydrogens is 184 g/mol. The topological polar surface area (TPSA) is 78.4 Å². The number of carbonyl (C=O) groups excluding carboxylic acids is 1. The van der Waals surface area contributed by atoms with Crippen molar-refractivity contribution < 1.29 is 14.7 Å². The summed E-state index contributed by atoms with van der Waals surface area (Å²) in [5.74, 6) is 0.910. The Morgan fingerprint density at radius 3 is 2.64 bits per heavy atom. The molecule has 5 heteroatoms. The smallest absolute Gasteiger partial charge is 0.326 e. The quantitative estimate of drug-likeness (QED) is 0.385. The molecular formula is C9H14N2O3. The molecule has 0 saturated carbocycles. The first kappa shape index (κ1) is 12.5. The molecule has 0 saturated heterocycles. The van der Waals surface area contributed by atoms with Gasteiger partial charge in [-0.1, -0.05) is 12.8 Å². The monoisotopic (exact) mass is 198 g/mol. The highest BCUT2D eigenvalue weighted by molar-refractivity contribution is 5.84. The first-order valence-electron chi connectivity index (χ1n) is 4.28. The zero-order valence-corrected chi connectivity index (χ0v) is 8.04. The summed E-state index contributed by atoms with van der Waals surface area (Å²) in [6.45, 7) is 2.01. The summed E-state index contributed by atoms with van der Waals surface area (Å²) in [6, 6.07) is -0.824. The van der Waals surface area contributed by atoms with Gasteiger partial charge < -0.3 is 10.4 Å². The molecule has 0 radical (unpaired) electrons. The average molecular weight is 198 g/mol. The molecule has 3 N–H and O–H groups in total. The van der Waals surface area contributed by atoms with E-state index in [1.54, 1.807) is 6.92 Å². The van der Waals surface area contributed by atoms with Gasteiger partial charge in [0.2, 0.25) is 5.91 Å². The number of hydrogen-bond acceptors (Lipinski definition) is 3. The van der Waals surface area contributed by atoms with Crippen LogP contribution < -0.4 is 10.6 Å². The number of carbonyl (C=O) groups is 2. The number of carboxylic acid groups (broad SMARTS) is 1. The average Bonchev–Trinajstić information content (AvgIpc) is 2.14. The molecule has 1 amide bonds. The standard InChI is InChI=1S/C9H14N2O3/c1-3-5-10-6-8(12)11-7(4-2)9(13)14/h1,7,10H,4-6H2,2H3,(H,11,12)(H,13,14)/t7-/m0/s1. The zero-order chi connectivity index (χ0) is 11.0. The van der Waals surface area contributed by atoms with E-state index in [9.17, 15) is 9.59 Å². The van der Waals surface area contributed by atoms with Crippen molar-refractivity contribution in [1.82, 2.24) is 10.6 Å². The normalized spacial score (nSPS) is 11.4. The molecule has 0 aromatic heterocycles. The number of terminal acetylenes is 1. The summed E-state index contributed by atoms with van der Waals surface area (Å²) >= 11 is 0. The molecule has 78 valence electrons. The number of aliphatic carboxylic acids is 1. The molecule has 0 aliphatic rings. The summed E-state index contributed by atoms with van der Waals surface area (Å²) in [4.78, 5) is 21.6. The molecule has 0 bridgehead atoms. The predicted molar refractivity (Wildman–Crippen MR) is 51.6 cm³/mol. The SMILES string of the molecule is C#CCNCC(=O)N[C@@H](CC)C(=O)O. The van der Waals surface area contributed by atoms with Crippen LogP contribution in [0.5, 0.6) is 0 Å². The molecule has 0 aromatic rings. The summed E-state index contributed by atoms with van der Waals surface area (Å²) in [5, 5.41) is 13.6. The highest BCUT2D eigenvalue weighted by atomic mass is 16.4. The third kappa shape index (κ3) is 5.17. The van der Waals surface area contributed by atoms with Crippen molar-refractivity contribution in [2.75, 3.05) is 13.1 Å². The van der Waals surface area contributed by atoms with Crippen molar-refractivity contribution in [1.29, 1.82) is 0 Å². The van der Waals surface area contributed by atoms with Crippen LogP contribution in [0, 0.1) is 12.3 Å². The van der Waals surface area contributed by atoms with Gasteiger partial charge in [-0.05, 0) is 6.42 Å². The van der Waals surface area contributed by atoms with Crippen LogP contribution in [0.2, 0.25) is 0 Å². The third-order valence-corrected chi connectivity index (χ3v) is 1.55. The Balaban J connectivity index is 3.80. The van der Waals surface area contributed by atoms with Crippen LogP contribution in [0.1, 0.15) is 13.3 Å². The van der Waals surface area contributed by atoms with Gasteiger partial charge in [0.25, 0.3) is 0 Å². The number of rotatable bonds is 6. The van der Waals surface area contributed by atoms with E-state index in [0.29, 0.717) is 6.42 Å². The van der Waals surface area contributed by atoms with Gasteiger partial charge in [0.05, 0.1) is 13.1 Å². The van der Waals surface area contributed by atoms with Crippen molar-refractivity contribution in [2.45, 2.75) is 19.4 Å². The predicted octanol–water partition coefficient (Wildman–Crippen LogP) is -0.811. The second-order valence-electron chi connectivity index (χ2n) is 2.67. The van der Waals surface area contributed by atoms with Gasteiger partial charge in [-0.15, -0.1) is 6.42 Å². The molecule has 0 aliphatic carbocycles. The van der Waals surface area contributed by atoms with Gasteiger partial charge in [-0.25, -0.2) is 4.79 Å². The Morgan fingerprint density at radius 1 is 1.57 bits per heavy atom. The summed E-state index contributed by atoms with van der Waals surface area (Å²) < 4.78 is 0. The lowest BCUT2D eigenvalue weighted by Crippen LogP contribution is -2.44. The van der Waals surface area contributed by atoms with E-state index in [1.165, 1.54) is 0 Å². The lowest BCUT2D eigenvalue weighted by molar-refractivity contribution is -0.141. The van der Waals surface area contributed by atoms with Crippen LogP contribution >= 0.6 is 0 Å². The van der Waals surface area contributed by atoms with Gasteiger partial charge >= 0.3 is 5.97 Å². The van der Waals surface area contributed by atoms with Gasteiger partial charge in [0, 0.05) is 0 Å². The Morgan fingerprint density at radius 2 is 2.21 bits per heavy atom. The molecule has 0 aromatic carbocycles. The minimum atomic E-state index is -1.03. The number of hydrogen-bond donors (Lipinski definition) is 3. The van der Waals surface area contributed by atoms with Gasteiger partial charge in [0.1, 0.15) is 6.04 Å². The highest BCUT2D eigenvalue weighted by Crippen LogP contribution is 1.89. The van der Waals surface area contributed by atoms with Crippen molar-refractivity contribution in [3.8, 4) is 12.3 Å². The van der Waals surface area contributed by atoms with Gasteiger partial charge in [-0.3, -0.25) is 10.1 Å². The van der Waals surface area contributed by atoms with Crippen LogP contribution in [0.3, 0.4) is 0 Å². The maximum absolute atomic E-state index is 11.1. The summed E-state index contributed by atoms with van der Waals surface area (Å²) in [6.07, 6.45) is 5.31. The molecule has 1 atom stereocenters. The van der Waals surface area contributed by atoms with E-state index in [2.05, 4.69) is 16.6 Å². The first-order chi connectivity index (χ1) is 6.61. The van der Waals surface area contributed by atoms with Gasteiger partial charge in [-0.2, -0.15) is 0 Å². The second-order valence-corrected chi connectivity index (χ2v) is 2.67. The molecule has 0 heterocycles. The van der Waals surface area contributed by atoms with Crippen molar-refractivity contribution in [2.24, 2.45) is 0 Å². The number of amides is 1. The fourth-order valence-electron chi connectivity index (χ4n) is 0.832. The van der Waals surface area contributed by atoms with E-state index < -0.39 is 12.0 Å². The fourth-order valence-corrected chi connectivity index (χ4v) is 0.832. The van der Waals surface area contributed by atoms with Crippen LogP contribution in [0.25, 0.3) is 0 Å². The van der Waals surface area contributed by atoms with E-state index in [-0.39, 0.29) is 19.0 Å². The molecule has 14 heavy (non-hydrogen) atoms. The lowest BCUT2D eigenvalue weighted by Gasteiger charge is -2.11. The van der Waals surface area contributed by atoms with E-state index in [1.807, 2.05) is 0 Å². The Labute approximate surface area is 82.9 Å². The molecule has 5 nitrogen and oxygen atoms in total. The summed E-state index contributed by atoms with van der Waals surface area (Å²) in [7, 11) is 0. The van der Waals surface area contributed by atoms with Crippen molar-refractivity contribution in [3.63, 3.8) is 0 Å². The van der Waals surface area contributed by atoms with E-state index in [4.69, 9.17) is 11.5 Å². The molecule has 0 aliphatic heterocycles. The number of nitrogens with one attached hydrogen (secondary N) is 2. The minimum absolute atomic E-state index is 0.0357. The maximum Gasteiger partial charge on any atom is 0.326 e. The molecule has 0 fully saturated rings. The van der Waals surface area contributed by atoms with Crippen LogP contribution in [-0.2, 0) is 9.59 Å². The van der Waals surface area contributed by atoms with E-state index in [0.717, 1.165) is 0 Å². The zero-order valence-electron chi connectivity index (χ0n) is 8.04. The summed E-state index contributed by atoms with van der Waals surface area (Å²) in [5.41, 5.74) is 0. The Bertz CT molecular complexity index is 245. The molecule has 0 spiro atoms. The number of carboxylic acids is 1. The van der Waals surface area contributed by atoms with Gasteiger partial charge in [0.15, 0.2) is 0 Å². The molecule has 0 unspecified atom stereocenters. The Kier molecular flexibility index (Phi) is 6.16. The lowest BCUT2D eigenvalue weighted by atomic mass is 10.2. The fraction of sp³-hybridized carbons (Fsp3) is 0.556. The largest absolute Gasteiger partial charge is 0.480 e. The second kappa shape index (κ2) is 6.92. The highest BCUT2D eigenvalue weighted by Gasteiger charge is 2.16. The molecule has 0 rings (SSSR count). The van der Waals surface area contributed by atoms with E-state index >= 15 is 0 Å². The van der Waals surface area contributed by atoms with Crippen LogP contribution in [-0.4, -0.2) is 36.1 Å². The van der Waals surface area contributed by atoms with Crippen LogP contribution in [0.15, 0.2) is 0 Å².